The number of fused-ring (bicyclic) bond motifs is 5. The standard InChI is InChI=1S/C49H40N2.C2H6/c1-5-41-44-16-10-12-18-48(44)51(47(41)6-2)39-27-25-38(26-28-39)50(40-29-30-43-42-15-9-11-17-45(42)49(3,4)46(43)32-40)37-23-21-34(22-24-37)36-20-19-33-13-7-8-14-35(33)31-36;1-2/h5-21,23,25-32H,1-2,22,24H2,3-4H3;1-2H3. The van der Waals surface area contributed by atoms with Crippen LogP contribution >= 0.6 is 0 Å². The van der Waals surface area contributed by atoms with Crippen LogP contribution in [0.1, 0.15) is 68.5 Å². The molecule has 0 radical (unpaired) electrons. The molecule has 2 nitrogen and oxygen atoms in total. The number of benzene rings is 6. The number of anilines is 2. The number of allylic oxidation sites excluding steroid dienone is 4. The quantitative estimate of drug-likeness (QED) is 0.162. The van der Waals surface area contributed by atoms with E-state index in [1.54, 1.807) is 0 Å². The van der Waals surface area contributed by atoms with Crippen LogP contribution in [-0.4, -0.2) is 4.57 Å². The van der Waals surface area contributed by atoms with Crippen LogP contribution in [0.5, 0.6) is 0 Å². The maximum absolute atomic E-state index is 4.18. The molecule has 0 fully saturated rings. The third kappa shape index (κ3) is 5.66. The average molecular weight is 687 g/mol. The van der Waals surface area contributed by atoms with Crippen molar-refractivity contribution in [3.63, 3.8) is 0 Å². The molecule has 2 aliphatic carbocycles. The van der Waals surface area contributed by atoms with E-state index in [0.29, 0.717) is 0 Å². The SMILES string of the molecule is C=Cc1c(C=C)n(-c2ccc(N(C3=CC=C(c4ccc5ccccc5c4)CC3)c3ccc4c(c3)C(C)(C)c3ccccc3-4)cc2)c2ccccc12.CC. The highest BCUT2D eigenvalue weighted by Gasteiger charge is 2.36. The highest BCUT2D eigenvalue weighted by atomic mass is 15.1. The highest BCUT2D eigenvalue weighted by Crippen LogP contribution is 2.50. The normalized spacial score (nSPS) is 14.0. The molecule has 0 N–H and O–H groups in total. The molecule has 0 saturated heterocycles. The fourth-order valence-corrected chi connectivity index (χ4v) is 8.48. The second kappa shape index (κ2) is 13.8. The lowest BCUT2D eigenvalue weighted by Gasteiger charge is -2.31. The third-order valence-corrected chi connectivity index (χ3v) is 11.1. The summed E-state index contributed by atoms with van der Waals surface area (Å²) >= 11 is 0. The predicted octanol–water partition coefficient (Wildman–Crippen LogP) is 14.3. The fourth-order valence-electron chi connectivity index (χ4n) is 8.48. The van der Waals surface area contributed by atoms with Gasteiger partial charge in [0.2, 0.25) is 0 Å². The van der Waals surface area contributed by atoms with Crippen molar-refractivity contribution in [1.82, 2.24) is 4.57 Å². The summed E-state index contributed by atoms with van der Waals surface area (Å²) in [5, 5.41) is 3.74. The number of para-hydroxylation sites is 1. The molecular weight excluding hydrogens is 641 g/mol. The minimum Gasteiger partial charge on any atom is -0.314 e. The van der Waals surface area contributed by atoms with Crippen LogP contribution in [0.4, 0.5) is 11.4 Å². The molecule has 260 valence electrons. The number of rotatable bonds is 7. The van der Waals surface area contributed by atoms with Gasteiger partial charge in [-0.25, -0.2) is 0 Å². The molecule has 0 spiro atoms. The van der Waals surface area contributed by atoms with Gasteiger partial charge >= 0.3 is 0 Å². The first-order valence-corrected chi connectivity index (χ1v) is 18.9. The summed E-state index contributed by atoms with van der Waals surface area (Å²) in [6.45, 7) is 17.0. The van der Waals surface area contributed by atoms with E-state index in [9.17, 15) is 0 Å². The van der Waals surface area contributed by atoms with Gasteiger partial charge in [0.05, 0.1) is 11.2 Å². The average Bonchev–Trinajstić information content (AvgIpc) is 3.67. The Labute approximate surface area is 314 Å². The Hall–Kier alpha value is -6.12. The topological polar surface area (TPSA) is 8.17 Å². The lowest BCUT2D eigenvalue weighted by molar-refractivity contribution is 0.660. The smallest absolute Gasteiger partial charge is 0.0541 e. The summed E-state index contributed by atoms with van der Waals surface area (Å²) in [5.74, 6) is 0. The molecule has 0 amide bonds. The molecule has 1 aromatic heterocycles. The van der Waals surface area contributed by atoms with E-state index in [-0.39, 0.29) is 5.41 Å². The van der Waals surface area contributed by atoms with E-state index in [1.165, 1.54) is 60.9 Å². The van der Waals surface area contributed by atoms with Crippen LogP contribution in [0.2, 0.25) is 0 Å². The molecule has 0 bridgehead atoms. The lowest BCUT2D eigenvalue weighted by atomic mass is 9.82. The zero-order valence-electron chi connectivity index (χ0n) is 31.2. The fraction of sp³-hybridized carbons (Fsp3) is 0.137. The van der Waals surface area contributed by atoms with E-state index in [2.05, 4.69) is 182 Å². The second-order valence-electron chi connectivity index (χ2n) is 14.2. The van der Waals surface area contributed by atoms with Gasteiger partial charge in [-0.2, -0.15) is 0 Å². The monoisotopic (exact) mass is 686 g/mol. The van der Waals surface area contributed by atoms with Crippen LogP contribution in [0.15, 0.2) is 164 Å². The molecular formula is C51H46N2. The molecule has 7 aromatic rings. The molecule has 6 aromatic carbocycles. The van der Waals surface area contributed by atoms with Crippen molar-refractivity contribution in [3.8, 4) is 16.8 Å². The Morgan fingerprint density at radius 3 is 2.08 bits per heavy atom. The Kier molecular flexibility index (Phi) is 8.84. The van der Waals surface area contributed by atoms with Gasteiger partial charge in [0.25, 0.3) is 0 Å². The van der Waals surface area contributed by atoms with Gasteiger partial charge in [-0.15, -0.1) is 0 Å². The van der Waals surface area contributed by atoms with E-state index < -0.39 is 0 Å². The number of aromatic nitrogens is 1. The highest BCUT2D eigenvalue weighted by molar-refractivity contribution is 5.95. The third-order valence-electron chi connectivity index (χ3n) is 11.1. The number of hydrogen-bond acceptors (Lipinski definition) is 1. The second-order valence-corrected chi connectivity index (χ2v) is 14.2. The van der Waals surface area contributed by atoms with Crippen molar-refractivity contribution in [3.05, 3.63) is 192 Å². The van der Waals surface area contributed by atoms with Crippen molar-refractivity contribution >= 4 is 50.8 Å². The Morgan fingerprint density at radius 1 is 0.623 bits per heavy atom. The van der Waals surface area contributed by atoms with Crippen LogP contribution in [-0.2, 0) is 5.41 Å². The zero-order valence-corrected chi connectivity index (χ0v) is 31.2. The molecule has 0 atom stereocenters. The Bertz CT molecular complexity index is 2590. The summed E-state index contributed by atoms with van der Waals surface area (Å²) in [7, 11) is 0. The molecule has 0 aliphatic heterocycles. The first kappa shape index (κ1) is 34.0. The minimum atomic E-state index is -0.0823. The van der Waals surface area contributed by atoms with Crippen molar-refractivity contribution < 1.29 is 0 Å². The van der Waals surface area contributed by atoms with Crippen molar-refractivity contribution in [1.29, 1.82) is 0 Å². The maximum Gasteiger partial charge on any atom is 0.0541 e. The van der Waals surface area contributed by atoms with E-state index in [1.807, 2.05) is 26.0 Å². The Balaban J connectivity index is 0.00000197. The molecule has 0 saturated carbocycles. The number of nitrogens with zero attached hydrogens (tertiary/aromatic N) is 2. The van der Waals surface area contributed by atoms with E-state index >= 15 is 0 Å². The number of hydrogen-bond donors (Lipinski definition) is 0. The molecule has 53 heavy (non-hydrogen) atoms. The van der Waals surface area contributed by atoms with Gasteiger partial charge < -0.3 is 9.47 Å². The van der Waals surface area contributed by atoms with Crippen molar-refractivity contribution in [2.75, 3.05) is 4.90 Å². The molecule has 2 aliphatic rings. The van der Waals surface area contributed by atoms with Gasteiger partial charge in [-0.1, -0.05) is 138 Å². The summed E-state index contributed by atoms with van der Waals surface area (Å²) < 4.78 is 2.29. The maximum atomic E-state index is 4.18. The largest absolute Gasteiger partial charge is 0.314 e. The van der Waals surface area contributed by atoms with Gasteiger partial charge in [-0.3, -0.25) is 0 Å². The van der Waals surface area contributed by atoms with Crippen LogP contribution < -0.4 is 4.90 Å². The molecule has 0 unspecified atom stereocenters. The first-order chi connectivity index (χ1) is 26.0. The van der Waals surface area contributed by atoms with E-state index in [4.69, 9.17) is 0 Å². The minimum absolute atomic E-state index is 0.0823. The van der Waals surface area contributed by atoms with Crippen molar-refractivity contribution in [2.45, 2.75) is 46.0 Å². The van der Waals surface area contributed by atoms with Gasteiger partial charge in [0.15, 0.2) is 0 Å². The predicted molar refractivity (Wildman–Crippen MR) is 230 cm³/mol. The van der Waals surface area contributed by atoms with E-state index in [0.717, 1.165) is 41.0 Å². The summed E-state index contributed by atoms with van der Waals surface area (Å²) in [6, 6.07) is 48.9. The van der Waals surface area contributed by atoms with Crippen molar-refractivity contribution in [2.24, 2.45) is 0 Å². The van der Waals surface area contributed by atoms with Crippen LogP contribution in [0.25, 0.3) is 56.2 Å². The Morgan fingerprint density at radius 2 is 1.32 bits per heavy atom. The van der Waals surface area contributed by atoms with Gasteiger partial charge in [-0.05, 0) is 118 Å². The van der Waals surface area contributed by atoms with Gasteiger partial charge in [0.1, 0.15) is 0 Å². The molecule has 9 rings (SSSR count). The van der Waals surface area contributed by atoms with Gasteiger partial charge in [0, 0.05) is 39.1 Å². The molecule has 1 heterocycles. The lowest BCUT2D eigenvalue weighted by Crippen LogP contribution is -2.20. The van der Waals surface area contributed by atoms with Crippen LogP contribution in [0, 0.1) is 0 Å². The summed E-state index contributed by atoms with van der Waals surface area (Å²) in [5.41, 5.74) is 16.0. The summed E-state index contributed by atoms with van der Waals surface area (Å²) in [6.07, 6.45) is 10.5. The first-order valence-electron chi connectivity index (χ1n) is 18.9. The molecule has 2 heteroatoms. The zero-order chi connectivity index (χ0) is 36.7. The summed E-state index contributed by atoms with van der Waals surface area (Å²) in [4.78, 5) is 2.47. The van der Waals surface area contributed by atoms with Crippen LogP contribution in [0.3, 0.4) is 0 Å².